The molecule has 0 atom stereocenters. The number of hydrogen-bond donors (Lipinski definition) is 2. The second-order valence-electron chi connectivity index (χ2n) is 3.93. The first-order valence-corrected chi connectivity index (χ1v) is 5.97. The molecule has 0 aliphatic heterocycles. The number of para-hydroxylation sites is 2. The van der Waals surface area contributed by atoms with Crippen molar-refractivity contribution in [1.29, 1.82) is 0 Å². The van der Waals surface area contributed by atoms with E-state index in [-0.39, 0.29) is 6.42 Å². The first-order valence-electron chi connectivity index (χ1n) is 5.59. The number of nitrogen functional groups attached to an aromatic ring is 1. The third-order valence-electron chi connectivity index (χ3n) is 2.55. The highest BCUT2D eigenvalue weighted by Gasteiger charge is 2.11. The van der Waals surface area contributed by atoms with E-state index in [4.69, 9.17) is 27.2 Å². The fourth-order valence-electron chi connectivity index (χ4n) is 1.64. The summed E-state index contributed by atoms with van der Waals surface area (Å²) in [5.41, 5.74) is 6.72. The van der Waals surface area contributed by atoms with Gasteiger partial charge in [0.25, 0.3) is 0 Å². The van der Waals surface area contributed by atoms with Gasteiger partial charge >= 0.3 is 5.97 Å². The van der Waals surface area contributed by atoms with Crippen molar-refractivity contribution in [3.8, 4) is 11.5 Å². The highest BCUT2D eigenvalue weighted by Crippen LogP contribution is 2.33. The van der Waals surface area contributed by atoms with E-state index in [1.165, 1.54) is 0 Å². The van der Waals surface area contributed by atoms with Gasteiger partial charge in [0.2, 0.25) is 0 Å². The molecule has 0 aliphatic rings. The number of ether oxygens (including phenoxy) is 1. The van der Waals surface area contributed by atoms with Gasteiger partial charge in [-0.25, -0.2) is 0 Å². The minimum atomic E-state index is -0.943. The lowest BCUT2D eigenvalue weighted by Crippen LogP contribution is -2.04. The number of hydrogen-bond acceptors (Lipinski definition) is 3. The van der Waals surface area contributed by atoms with Crippen LogP contribution in [0.1, 0.15) is 5.56 Å². The molecule has 0 bridgehead atoms. The lowest BCUT2D eigenvalue weighted by molar-refractivity contribution is -0.136. The molecule has 5 heteroatoms. The predicted octanol–water partition coefficient (Wildman–Crippen LogP) is 3.34. The van der Waals surface area contributed by atoms with Gasteiger partial charge in [-0.1, -0.05) is 35.9 Å². The van der Waals surface area contributed by atoms with E-state index in [1.807, 2.05) is 0 Å². The normalized spacial score (nSPS) is 10.2. The Kier molecular flexibility index (Phi) is 3.92. The zero-order valence-corrected chi connectivity index (χ0v) is 10.7. The van der Waals surface area contributed by atoms with Crippen molar-refractivity contribution in [3.63, 3.8) is 0 Å². The minimum absolute atomic E-state index is 0.147. The van der Waals surface area contributed by atoms with Gasteiger partial charge in [0.15, 0.2) is 5.75 Å². The summed E-state index contributed by atoms with van der Waals surface area (Å²) >= 11 is 5.99. The highest BCUT2D eigenvalue weighted by atomic mass is 35.5. The quantitative estimate of drug-likeness (QED) is 0.841. The average molecular weight is 278 g/mol. The van der Waals surface area contributed by atoms with Crippen LogP contribution in [0, 0.1) is 0 Å². The molecule has 98 valence electrons. The molecule has 0 saturated heterocycles. The number of benzene rings is 2. The van der Waals surface area contributed by atoms with Gasteiger partial charge in [0.05, 0.1) is 17.1 Å². The number of carboxylic acid groups (broad SMARTS) is 1. The van der Waals surface area contributed by atoms with Crippen molar-refractivity contribution < 1.29 is 14.6 Å². The van der Waals surface area contributed by atoms with Crippen molar-refractivity contribution in [2.75, 3.05) is 5.73 Å². The maximum absolute atomic E-state index is 10.7. The van der Waals surface area contributed by atoms with Crippen molar-refractivity contribution in [2.45, 2.75) is 6.42 Å². The molecule has 4 nitrogen and oxygen atoms in total. The van der Waals surface area contributed by atoms with Crippen LogP contribution in [0.3, 0.4) is 0 Å². The van der Waals surface area contributed by atoms with Gasteiger partial charge < -0.3 is 15.6 Å². The number of anilines is 1. The zero-order valence-electron chi connectivity index (χ0n) is 9.97. The van der Waals surface area contributed by atoms with E-state index in [2.05, 4.69) is 0 Å². The minimum Gasteiger partial charge on any atom is -0.481 e. The molecule has 0 fully saturated rings. The number of carbonyl (C=O) groups is 1. The third kappa shape index (κ3) is 3.17. The maximum atomic E-state index is 10.7. The summed E-state index contributed by atoms with van der Waals surface area (Å²) in [6, 6.07) is 12.0. The topological polar surface area (TPSA) is 72.6 Å². The lowest BCUT2D eigenvalue weighted by Gasteiger charge is -2.12. The van der Waals surface area contributed by atoms with E-state index in [0.717, 1.165) is 0 Å². The molecule has 19 heavy (non-hydrogen) atoms. The van der Waals surface area contributed by atoms with Gasteiger partial charge in [-0.05, 0) is 23.8 Å². The number of rotatable bonds is 4. The molecule has 2 rings (SSSR count). The first-order chi connectivity index (χ1) is 9.08. The molecule has 0 spiro atoms. The Morgan fingerprint density at radius 2 is 1.84 bits per heavy atom. The van der Waals surface area contributed by atoms with Crippen LogP contribution < -0.4 is 10.5 Å². The Morgan fingerprint density at radius 3 is 2.53 bits per heavy atom. The SMILES string of the molecule is Nc1c(CC(=O)O)cccc1Oc1ccccc1Cl. The summed E-state index contributed by atoms with van der Waals surface area (Å²) in [6.07, 6.45) is -0.147. The summed E-state index contributed by atoms with van der Waals surface area (Å²) in [4.78, 5) is 10.7. The smallest absolute Gasteiger partial charge is 0.307 e. The van der Waals surface area contributed by atoms with Crippen LogP contribution in [-0.2, 0) is 11.2 Å². The van der Waals surface area contributed by atoms with E-state index in [0.29, 0.717) is 27.8 Å². The molecule has 2 aromatic carbocycles. The van der Waals surface area contributed by atoms with Crippen LogP contribution in [0.4, 0.5) is 5.69 Å². The van der Waals surface area contributed by atoms with E-state index in [9.17, 15) is 4.79 Å². The maximum Gasteiger partial charge on any atom is 0.307 e. The van der Waals surface area contributed by atoms with Crippen LogP contribution in [0.25, 0.3) is 0 Å². The largest absolute Gasteiger partial charge is 0.481 e. The van der Waals surface area contributed by atoms with Crippen molar-refractivity contribution in [1.82, 2.24) is 0 Å². The third-order valence-corrected chi connectivity index (χ3v) is 2.87. The standard InChI is InChI=1S/C14H12ClNO3/c15-10-5-1-2-6-11(10)19-12-7-3-4-9(14(12)16)8-13(17)18/h1-7H,8,16H2,(H,17,18). The predicted molar refractivity (Wildman–Crippen MR) is 73.7 cm³/mol. The van der Waals surface area contributed by atoms with Crippen LogP contribution in [0.5, 0.6) is 11.5 Å². The monoisotopic (exact) mass is 277 g/mol. The Bertz CT molecular complexity index is 613. The van der Waals surface area contributed by atoms with Crippen molar-refractivity contribution in [3.05, 3.63) is 53.1 Å². The number of aliphatic carboxylic acids is 1. The molecule has 0 unspecified atom stereocenters. The van der Waals surface area contributed by atoms with E-state index in [1.54, 1.807) is 42.5 Å². The molecule has 3 N–H and O–H groups in total. The molecule has 0 aliphatic carbocycles. The van der Waals surface area contributed by atoms with E-state index >= 15 is 0 Å². The second kappa shape index (κ2) is 5.63. The molecule has 0 heterocycles. The highest BCUT2D eigenvalue weighted by molar-refractivity contribution is 6.32. The Labute approximate surface area is 115 Å². The summed E-state index contributed by atoms with van der Waals surface area (Å²) in [6.45, 7) is 0. The molecule has 0 saturated carbocycles. The molecular formula is C14H12ClNO3. The number of carboxylic acids is 1. The number of nitrogens with two attached hydrogens (primary N) is 1. The Balaban J connectivity index is 2.31. The van der Waals surface area contributed by atoms with Crippen LogP contribution in [-0.4, -0.2) is 11.1 Å². The summed E-state index contributed by atoms with van der Waals surface area (Å²) < 4.78 is 5.61. The first kappa shape index (κ1) is 13.2. The lowest BCUT2D eigenvalue weighted by atomic mass is 10.1. The average Bonchev–Trinajstić information content (AvgIpc) is 2.36. The molecular weight excluding hydrogens is 266 g/mol. The fourth-order valence-corrected chi connectivity index (χ4v) is 1.82. The zero-order chi connectivity index (χ0) is 13.8. The summed E-state index contributed by atoms with van der Waals surface area (Å²) in [7, 11) is 0. The van der Waals surface area contributed by atoms with Gasteiger partial charge in [-0.2, -0.15) is 0 Å². The van der Waals surface area contributed by atoms with Crippen LogP contribution in [0.2, 0.25) is 5.02 Å². The summed E-state index contributed by atoms with van der Waals surface area (Å²) in [5, 5.41) is 9.26. The van der Waals surface area contributed by atoms with Crippen molar-refractivity contribution >= 4 is 23.3 Å². The van der Waals surface area contributed by atoms with Gasteiger partial charge in [-0.3, -0.25) is 4.79 Å². The van der Waals surface area contributed by atoms with Crippen LogP contribution >= 0.6 is 11.6 Å². The van der Waals surface area contributed by atoms with Crippen molar-refractivity contribution in [2.24, 2.45) is 0 Å². The van der Waals surface area contributed by atoms with Crippen LogP contribution in [0.15, 0.2) is 42.5 Å². The Morgan fingerprint density at radius 1 is 1.16 bits per heavy atom. The molecule has 0 amide bonds. The Hall–Kier alpha value is -2.20. The van der Waals surface area contributed by atoms with E-state index < -0.39 is 5.97 Å². The van der Waals surface area contributed by atoms with Gasteiger partial charge in [0, 0.05) is 0 Å². The molecule has 2 aromatic rings. The molecule has 0 aromatic heterocycles. The second-order valence-corrected chi connectivity index (χ2v) is 4.34. The van der Waals surface area contributed by atoms with Gasteiger partial charge in [0.1, 0.15) is 5.75 Å². The van der Waals surface area contributed by atoms with Gasteiger partial charge in [-0.15, -0.1) is 0 Å². The number of halogens is 1. The fraction of sp³-hybridized carbons (Fsp3) is 0.0714. The summed E-state index contributed by atoms with van der Waals surface area (Å²) in [5.74, 6) is -0.0724. The molecule has 0 radical (unpaired) electrons.